The Bertz CT molecular complexity index is 320. The van der Waals surface area contributed by atoms with Gasteiger partial charge in [0.15, 0.2) is 0 Å². The zero-order chi connectivity index (χ0) is 15.2. The van der Waals surface area contributed by atoms with Crippen molar-refractivity contribution in [2.75, 3.05) is 39.4 Å². The van der Waals surface area contributed by atoms with Gasteiger partial charge in [-0.15, -0.1) is 0 Å². The molecule has 5 nitrogen and oxygen atoms in total. The average molecular weight is 286 g/mol. The molecule has 0 aromatic rings. The van der Waals surface area contributed by atoms with E-state index >= 15 is 0 Å². The molecule has 118 valence electrons. The van der Waals surface area contributed by atoms with E-state index in [0.29, 0.717) is 19.8 Å². The predicted molar refractivity (Wildman–Crippen MR) is 79.8 cm³/mol. The second-order valence-corrected chi connectivity index (χ2v) is 6.30. The van der Waals surface area contributed by atoms with Crippen LogP contribution >= 0.6 is 0 Å². The zero-order valence-corrected chi connectivity index (χ0v) is 13.6. The first-order valence-corrected chi connectivity index (χ1v) is 7.61. The van der Waals surface area contributed by atoms with E-state index in [1.54, 1.807) is 0 Å². The first-order chi connectivity index (χ1) is 9.33. The van der Waals surface area contributed by atoms with Gasteiger partial charge in [-0.2, -0.15) is 0 Å². The van der Waals surface area contributed by atoms with Gasteiger partial charge in [-0.3, -0.25) is 9.69 Å². The third kappa shape index (κ3) is 5.04. The summed E-state index contributed by atoms with van der Waals surface area (Å²) >= 11 is 0. The van der Waals surface area contributed by atoms with E-state index in [4.69, 9.17) is 9.47 Å². The van der Waals surface area contributed by atoms with Crippen LogP contribution in [0.1, 0.15) is 41.0 Å². The van der Waals surface area contributed by atoms with E-state index < -0.39 is 5.54 Å². The van der Waals surface area contributed by atoms with Crippen LogP contribution in [0.15, 0.2) is 0 Å². The molecule has 0 bridgehead atoms. The number of morpholine rings is 1. The van der Waals surface area contributed by atoms with Crippen LogP contribution in [0.3, 0.4) is 0 Å². The summed E-state index contributed by atoms with van der Waals surface area (Å²) in [5.74, 6) is -0.169. The summed E-state index contributed by atoms with van der Waals surface area (Å²) in [6.45, 7) is 14.3. The standard InChI is InChI=1S/C15H30N2O3/c1-6-8-16-15(5,13(18)19-7-2)12-17-9-10-20-14(3,4)11-17/h16H,6-12H2,1-5H3. The molecule has 1 unspecified atom stereocenters. The van der Waals surface area contributed by atoms with Crippen LogP contribution in [0.2, 0.25) is 0 Å². The minimum Gasteiger partial charge on any atom is -0.465 e. The van der Waals surface area contributed by atoms with E-state index in [9.17, 15) is 4.79 Å². The summed E-state index contributed by atoms with van der Waals surface area (Å²) in [6.07, 6.45) is 0.990. The molecule has 1 atom stereocenters. The Hall–Kier alpha value is -0.650. The summed E-state index contributed by atoms with van der Waals surface area (Å²) in [5.41, 5.74) is -0.808. The van der Waals surface area contributed by atoms with Crippen molar-refractivity contribution in [2.24, 2.45) is 0 Å². The fourth-order valence-corrected chi connectivity index (χ4v) is 2.58. The van der Waals surface area contributed by atoms with Gasteiger partial charge >= 0.3 is 5.97 Å². The maximum Gasteiger partial charge on any atom is 0.327 e. The summed E-state index contributed by atoms with van der Waals surface area (Å²) in [6, 6.07) is 0. The van der Waals surface area contributed by atoms with E-state index in [1.807, 2.05) is 13.8 Å². The van der Waals surface area contributed by atoms with Crippen molar-refractivity contribution in [3.63, 3.8) is 0 Å². The van der Waals surface area contributed by atoms with E-state index in [2.05, 4.69) is 31.0 Å². The first kappa shape index (κ1) is 17.4. The molecule has 0 saturated carbocycles. The topological polar surface area (TPSA) is 50.8 Å². The molecule has 1 aliphatic rings. The molecule has 0 aromatic heterocycles. The van der Waals surface area contributed by atoms with Gasteiger partial charge in [0.1, 0.15) is 5.54 Å². The quantitative estimate of drug-likeness (QED) is 0.717. The molecule has 5 heteroatoms. The number of carbonyl (C=O) groups excluding carboxylic acids is 1. The van der Waals surface area contributed by atoms with Gasteiger partial charge in [0.25, 0.3) is 0 Å². The number of rotatable bonds is 7. The summed E-state index contributed by atoms with van der Waals surface area (Å²) in [4.78, 5) is 14.5. The second-order valence-electron chi connectivity index (χ2n) is 6.30. The maximum atomic E-state index is 12.3. The van der Waals surface area contributed by atoms with Gasteiger partial charge in [-0.05, 0) is 40.7 Å². The third-order valence-corrected chi connectivity index (χ3v) is 3.54. The molecular weight excluding hydrogens is 256 g/mol. The van der Waals surface area contributed by atoms with Gasteiger partial charge in [-0.1, -0.05) is 6.92 Å². The number of hydrogen-bond donors (Lipinski definition) is 1. The van der Waals surface area contributed by atoms with Crippen molar-refractivity contribution in [3.05, 3.63) is 0 Å². The van der Waals surface area contributed by atoms with Crippen LogP contribution in [0.5, 0.6) is 0 Å². The Morgan fingerprint density at radius 3 is 2.70 bits per heavy atom. The normalized spacial score (nSPS) is 22.2. The number of esters is 1. The van der Waals surface area contributed by atoms with Crippen LogP contribution in [-0.2, 0) is 14.3 Å². The van der Waals surface area contributed by atoms with Crippen molar-refractivity contribution in [3.8, 4) is 0 Å². The lowest BCUT2D eigenvalue weighted by atomic mass is 9.99. The number of ether oxygens (including phenoxy) is 2. The summed E-state index contributed by atoms with van der Waals surface area (Å²) in [7, 11) is 0. The lowest BCUT2D eigenvalue weighted by molar-refractivity contribution is -0.153. The fraction of sp³-hybridized carbons (Fsp3) is 0.933. The van der Waals surface area contributed by atoms with Crippen LogP contribution in [0, 0.1) is 0 Å². The first-order valence-electron chi connectivity index (χ1n) is 7.61. The van der Waals surface area contributed by atoms with Crippen LogP contribution in [0.4, 0.5) is 0 Å². The van der Waals surface area contributed by atoms with E-state index in [1.165, 1.54) is 0 Å². The van der Waals surface area contributed by atoms with Crippen LogP contribution < -0.4 is 5.32 Å². The molecule has 0 amide bonds. The lowest BCUT2D eigenvalue weighted by Crippen LogP contribution is -2.61. The minimum absolute atomic E-state index is 0.154. The highest BCUT2D eigenvalue weighted by atomic mass is 16.5. The third-order valence-electron chi connectivity index (χ3n) is 3.54. The highest BCUT2D eigenvalue weighted by Crippen LogP contribution is 2.19. The highest BCUT2D eigenvalue weighted by Gasteiger charge is 2.38. The molecule has 1 fully saturated rings. The zero-order valence-electron chi connectivity index (χ0n) is 13.6. The monoisotopic (exact) mass is 286 g/mol. The number of hydrogen-bond acceptors (Lipinski definition) is 5. The van der Waals surface area contributed by atoms with E-state index in [0.717, 1.165) is 26.1 Å². The molecule has 0 spiro atoms. The van der Waals surface area contributed by atoms with Crippen molar-refractivity contribution >= 4 is 5.97 Å². The molecule has 0 radical (unpaired) electrons. The molecular formula is C15H30N2O3. The smallest absolute Gasteiger partial charge is 0.327 e. The Labute approximate surface area is 123 Å². The van der Waals surface area contributed by atoms with Crippen molar-refractivity contribution in [1.82, 2.24) is 10.2 Å². The Morgan fingerprint density at radius 1 is 1.45 bits per heavy atom. The SMILES string of the molecule is CCCNC(C)(CN1CCOC(C)(C)C1)C(=O)OCC. The van der Waals surface area contributed by atoms with Gasteiger partial charge < -0.3 is 14.8 Å². The number of nitrogens with one attached hydrogen (secondary N) is 1. The fourth-order valence-electron chi connectivity index (χ4n) is 2.58. The average Bonchev–Trinajstić information content (AvgIpc) is 2.35. The van der Waals surface area contributed by atoms with Crippen LogP contribution in [-0.4, -0.2) is 61.4 Å². The van der Waals surface area contributed by atoms with Gasteiger partial charge in [0.2, 0.25) is 0 Å². The van der Waals surface area contributed by atoms with Crippen molar-refractivity contribution in [1.29, 1.82) is 0 Å². The van der Waals surface area contributed by atoms with Gasteiger partial charge in [0.05, 0.1) is 18.8 Å². The molecule has 0 aromatic carbocycles. The molecule has 1 rings (SSSR count). The van der Waals surface area contributed by atoms with Gasteiger partial charge in [0, 0.05) is 19.6 Å². The van der Waals surface area contributed by atoms with Gasteiger partial charge in [-0.25, -0.2) is 0 Å². The Kier molecular flexibility index (Phi) is 6.43. The molecule has 0 aliphatic carbocycles. The lowest BCUT2D eigenvalue weighted by Gasteiger charge is -2.42. The summed E-state index contributed by atoms with van der Waals surface area (Å²) in [5, 5.41) is 3.35. The highest BCUT2D eigenvalue weighted by molar-refractivity contribution is 5.80. The van der Waals surface area contributed by atoms with E-state index in [-0.39, 0.29) is 11.6 Å². The molecule has 20 heavy (non-hydrogen) atoms. The second kappa shape index (κ2) is 7.38. The maximum absolute atomic E-state index is 12.3. The Morgan fingerprint density at radius 2 is 2.15 bits per heavy atom. The molecule has 1 aliphatic heterocycles. The Balaban J connectivity index is 2.70. The number of carbonyl (C=O) groups is 1. The predicted octanol–water partition coefficient (Wildman–Crippen LogP) is 1.42. The molecule has 1 N–H and O–H groups in total. The van der Waals surface area contributed by atoms with Crippen molar-refractivity contribution < 1.29 is 14.3 Å². The van der Waals surface area contributed by atoms with Crippen molar-refractivity contribution in [2.45, 2.75) is 52.2 Å². The number of nitrogens with zero attached hydrogens (tertiary/aromatic N) is 1. The molecule has 1 saturated heterocycles. The summed E-state index contributed by atoms with van der Waals surface area (Å²) < 4.78 is 11.0. The minimum atomic E-state index is -0.653. The van der Waals surface area contributed by atoms with Crippen LogP contribution in [0.25, 0.3) is 0 Å². The largest absolute Gasteiger partial charge is 0.465 e. The molecule has 1 heterocycles.